The molecule has 0 aromatic rings. The maximum absolute atomic E-state index is 10.9. The van der Waals surface area contributed by atoms with Crippen LogP contribution in [0.4, 0.5) is 0 Å². The van der Waals surface area contributed by atoms with Gasteiger partial charge in [0.15, 0.2) is 0 Å². The summed E-state index contributed by atoms with van der Waals surface area (Å²) in [4.78, 5) is 10.9. The minimum atomic E-state index is 0.0288. The second-order valence-corrected chi connectivity index (χ2v) is 2.61. The third-order valence-electron chi connectivity index (χ3n) is 1.64. The van der Waals surface area contributed by atoms with Crippen LogP contribution in [-0.2, 0) is 4.79 Å². The van der Waals surface area contributed by atoms with E-state index in [0.717, 1.165) is 19.4 Å². The van der Waals surface area contributed by atoms with E-state index in [9.17, 15) is 4.79 Å². The van der Waals surface area contributed by atoms with Gasteiger partial charge in [-0.15, -0.1) is 0 Å². The van der Waals surface area contributed by atoms with Crippen molar-refractivity contribution < 1.29 is 4.79 Å². The number of carbonyl (C=O) groups excluding carboxylic acids is 1. The predicted octanol–water partition coefficient (Wildman–Crippen LogP) is 1.39. The molecule has 0 radical (unpaired) electrons. The van der Waals surface area contributed by atoms with E-state index in [1.807, 2.05) is 0 Å². The lowest BCUT2D eigenvalue weighted by Crippen LogP contribution is -2.23. The van der Waals surface area contributed by atoms with Gasteiger partial charge in [0.05, 0.1) is 0 Å². The first-order valence-corrected chi connectivity index (χ1v) is 4.02. The Hall–Kier alpha value is -0.930. The van der Waals surface area contributed by atoms with Crippen LogP contribution in [0.1, 0.15) is 26.2 Å². The van der Waals surface area contributed by atoms with Crippen LogP contribution in [-0.4, -0.2) is 24.0 Å². The Morgan fingerprint density at radius 3 is 2.91 bits per heavy atom. The molecule has 1 aliphatic heterocycles. The molecule has 1 rings (SSSR count). The lowest BCUT2D eigenvalue weighted by Gasteiger charge is -2.07. The van der Waals surface area contributed by atoms with Crippen LogP contribution in [0.25, 0.3) is 0 Å². The molecule has 0 saturated carbocycles. The van der Waals surface area contributed by atoms with Crippen molar-refractivity contribution in [3.63, 3.8) is 0 Å². The van der Waals surface area contributed by atoms with Gasteiger partial charge in [0.2, 0.25) is 0 Å². The number of hydrogen-bond acceptors (Lipinski definition) is 3. The van der Waals surface area contributed by atoms with Gasteiger partial charge in [-0.2, -0.15) is 5.11 Å². The van der Waals surface area contributed by atoms with Crippen LogP contribution < -0.4 is 0 Å². The summed E-state index contributed by atoms with van der Waals surface area (Å²) >= 11 is 0. The van der Waals surface area contributed by atoms with E-state index in [4.69, 9.17) is 0 Å². The van der Waals surface area contributed by atoms with Gasteiger partial charge in [-0.1, -0.05) is 25.0 Å². The molecule has 0 fully saturated rings. The van der Waals surface area contributed by atoms with Crippen molar-refractivity contribution in [3.8, 4) is 0 Å². The van der Waals surface area contributed by atoms with Crippen molar-refractivity contribution in [3.05, 3.63) is 0 Å². The highest BCUT2D eigenvalue weighted by Gasteiger charge is 2.16. The molecule has 0 atom stereocenters. The van der Waals surface area contributed by atoms with Crippen LogP contribution in [0.2, 0.25) is 0 Å². The van der Waals surface area contributed by atoms with Crippen LogP contribution in [0.15, 0.2) is 10.3 Å². The molecule has 1 aliphatic rings. The first-order valence-electron chi connectivity index (χ1n) is 4.02. The maximum Gasteiger partial charge on any atom is 0.267 e. The molecule has 0 aromatic heterocycles. The van der Waals surface area contributed by atoms with E-state index in [2.05, 4.69) is 17.3 Å². The molecule has 0 aliphatic carbocycles. The molecular formula is C7H13N3O. The minimum absolute atomic E-state index is 0.0288. The second kappa shape index (κ2) is 4.05. The molecule has 0 spiro atoms. The molecule has 62 valence electrons. The summed E-state index contributed by atoms with van der Waals surface area (Å²) in [6.07, 6.45) is 3.35. The van der Waals surface area contributed by atoms with Gasteiger partial charge >= 0.3 is 0 Å². The fourth-order valence-corrected chi connectivity index (χ4v) is 0.981. The van der Waals surface area contributed by atoms with Crippen molar-refractivity contribution >= 4 is 5.91 Å². The first-order chi connectivity index (χ1) is 5.34. The quantitative estimate of drug-likeness (QED) is 0.566. The van der Waals surface area contributed by atoms with E-state index in [1.54, 1.807) is 0 Å². The first kappa shape index (κ1) is 8.17. The summed E-state index contributed by atoms with van der Waals surface area (Å²) in [6, 6.07) is 0. The highest BCUT2D eigenvalue weighted by Crippen LogP contribution is 2.04. The van der Waals surface area contributed by atoms with E-state index in [0.29, 0.717) is 0 Å². The van der Waals surface area contributed by atoms with Crippen LogP contribution in [0.5, 0.6) is 0 Å². The number of carbonyl (C=O) groups is 1. The Bertz CT molecular complexity index is 167. The zero-order valence-corrected chi connectivity index (χ0v) is 6.79. The number of hydrogen-bond donors (Lipinski definition) is 0. The number of unbranched alkanes of at least 4 members (excludes halogenated alkanes) is 2. The van der Waals surface area contributed by atoms with Crippen LogP contribution >= 0.6 is 0 Å². The predicted molar refractivity (Wildman–Crippen MR) is 41.0 cm³/mol. The van der Waals surface area contributed by atoms with Gasteiger partial charge in [-0.3, -0.25) is 4.79 Å². The molecule has 0 N–H and O–H groups in total. The SMILES string of the molecule is CCCCCN1N=NCC1=O. The van der Waals surface area contributed by atoms with Crippen LogP contribution in [0.3, 0.4) is 0 Å². The smallest absolute Gasteiger partial charge is 0.267 e. The summed E-state index contributed by atoms with van der Waals surface area (Å²) in [5.41, 5.74) is 0. The monoisotopic (exact) mass is 155 g/mol. The Morgan fingerprint density at radius 1 is 1.55 bits per heavy atom. The molecule has 1 heterocycles. The van der Waals surface area contributed by atoms with Gasteiger partial charge in [-0.25, -0.2) is 5.01 Å². The zero-order chi connectivity index (χ0) is 8.10. The Balaban J connectivity index is 2.15. The highest BCUT2D eigenvalue weighted by molar-refractivity contribution is 5.78. The second-order valence-electron chi connectivity index (χ2n) is 2.61. The fourth-order valence-electron chi connectivity index (χ4n) is 0.981. The third-order valence-corrected chi connectivity index (χ3v) is 1.64. The molecule has 4 nitrogen and oxygen atoms in total. The van der Waals surface area contributed by atoms with Crippen molar-refractivity contribution in [2.24, 2.45) is 10.3 Å². The van der Waals surface area contributed by atoms with Crippen molar-refractivity contribution in [2.45, 2.75) is 26.2 Å². The molecule has 1 amide bonds. The highest BCUT2D eigenvalue weighted by atomic mass is 16.2. The number of rotatable bonds is 4. The molecule has 0 saturated heterocycles. The zero-order valence-electron chi connectivity index (χ0n) is 6.79. The van der Waals surface area contributed by atoms with E-state index in [1.165, 1.54) is 11.4 Å². The minimum Gasteiger partial charge on any atom is -0.271 e. The largest absolute Gasteiger partial charge is 0.271 e. The molecular weight excluding hydrogens is 142 g/mol. The van der Waals surface area contributed by atoms with Gasteiger partial charge < -0.3 is 0 Å². The lowest BCUT2D eigenvalue weighted by atomic mass is 10.2. The fraction of sp³-hybridized carbons (Fsp3) is 0.857. The van der Waals surface area contributed by atoms with Crippen molar-refractivity contribution in [1.29, 1.82) is 0 Å². The van der Waals surface area contributed by atoms with Crippen LogP contribution in [0, 0.1) is 0 Å². The topological polar surface area (TPSA) is 45.0 Å². The normalized spacial score (nSPS) is 16.5. The summed E-state index contributed by atoms with van der Waals surface area (Å²) in [5.74, 6) is 0.0288. The van der Waals surface area contributed by atoms with Gasteiger partial charge in [0.25, 0.3) is 5.91 Å². The Morgan fingerprint density at radius 2 is 2.36 bits per heavy atom. The maximum atomic E-state index is 10.9. The Labute approximate surface area is 66.3 Å². The lowest BCUT2D eigenvalue weighted by molar-refractivity contribution is -0.127. The molecule has 4 heteroatoms. The average molecular weight is 155 g/mol. The summed E-state index contributed by atoms with van der Waals surface area (Å²) in [7, 11) is 0. The molecule has 0 aromatic carbocycles. The van der Waals surface area contributed by atoms with Crippen molar-refractivity contribution in [1.82, 2.24) is 5.01 Å². The number of nitrogens with zero attached hydrogens (tertiary/aromatic N) is 3. The molecule has 11 heavy (non-hydrogen) atoms. The van der Waals surface area contributed by atoms with E-state index < -0.39 is 0 Å². The summed E-state index contributed by atoms with van der Waals surface area (Å²) in [5, 5.41) is 8.78. The van der Waals surface area contributed by atoms with E-state index >= 15 is 0 Å². The Kier molecular flexibility index (Phi) is 3.01. The van der Waals surface area contributed by atoms with E-state index in [-0.39, 0.29) is 12.5 Å². The molecule has 0 unspecified atom stereocenters. The molecule has 0 bridgehead atoms. The van der Waals surface area contributed by atoms with Gasteiger partial charge in [0, 0.05) is 6.54 Å². The summed E-state index contributed by atoms with van der Waals surface area (Å²) < 4.78 is 0. The van der Waals surface area contributed by atoms with Crippen molar-refractivity contribution in [2.75, 3.05) is 13.1 Å². The summed E-state index contributed by atoms with van der Waals surface area (Å²) in [6.45, 7) is 3.11. The van der Waals surface area contributed by atoms with Gasteiger partial charge in [0.1, 0.15) is 6.54 Å². The third kappa shape index (κ3) is 2.29. The standard InChI is InChI=1S/C7H13N3O/c1-2-3-4-5-10-7(11)6-8-9-10/h2-6H2,1H3. The average Bonchev–Trinajstić information content (AvgIpc) is 2.37. The number of amides is 1. The van der Waals surface area contributed by atoms with Gasteiger partial charge in [-0.05, 0) is 6.42 Å².